The van der Waals surface area contributed by atoms with Gasteiger partial charge in [-0.25, -0.2) is 14.2 Å². The van der Waals surface area contributed by atoms with Crippen molar-refractivity contribution in [3.8, 4) is 5.75 Å². The summed E-state index contributed by atoms with van der Waals surface area (Å²) in [6.07, 6.45) is 1.92. The van der Waals surface area contributed by atoms with Crippen molar-refractivity contribution in [2.45, 2.75) is 44.6 Å². The van der Waals surface area contributed by atoms with Crippen molar-refractivity contribution in [2.24, 2.45) is 5.92 Å². The number of nitrogens with one attached hydrogen (secondary N) is 2. The monoisotopic (exact) mass is 482 g/mol. The van der Waals surface area contributed by atoms with Crippen molar-refractivity contribution in [2.75, 3.05) is 33.8 Å². The van der Waals surface area contributed by atoms with Crippen LogP contribution in [0.15, 0.2) is 42.5 Å². The Morgan fingerprint density at radius 1 is 1.31 bits per heavy atom. The van der Waals surface area contributed by atoms with E-state index in [1.807, 2.05) is 24.3 Å². The third-order valence-corrected chi connectivity index (χ3v) is 6.82. The molecule has 35 heavy (non-hydrogen) atoms. The Morgan fingerprint density at radius 3 is 2.86 bits per heavy atom. The molecule has 188 valence electrons. The smallest absolute Gasteiger partial charge is 0.407 e. The number of carbonyl (C=O) groups excluding carboxylic acids is 1. The summed E-state index contributed by atoms with van der Waals surface area (Å²) in [5.74, 6) is 1.22. The van der Waals surface area contributed by atoms with Gasteiger partial charge in [0.15, 0.2) is 5.60 Å². The van der Waals surface area contributed by atoms with Gasteiger partial charge in [0.2, 0.25) is 0 Å². The van der Waals surface area contributed by atoms with Gasteiger partial charge in [-0.05, 0) is 44.1 Å². The molecule has 3 aromatic rings. The summed E-state index contributed by atoms with van der Waals surface area (Å²) >= 11 is 0. The number of ether oxygens (including phenoxy) is 2. The predicted molar refractivity (Wildman–Crippen MR) is 134 cm³/mol. The molecular formula is C27H35FN4O3. The highest BCUT2D eigenvalue weighted by Gasteiger charge is 2.49. The molecular weight excluding hydrogens is 447 g/mol. The molecule has 0 radical (unpaired) electrons. The van der Waals surface area contributed by atoms with E-state index >= 15 is 0 Å². The largest absolute Gasteiger partial charge is 0.489 e. The minimum absolute atomic E-state index is 0.118. The molecule has 4 rings (SSSR count). The van der Waals surface area contributed by atoms with Crippen LogP contribution in [-0.2, 0) is 11.2 Å². The second kappa shape index (κ2) is 10.6. The number of hydrogen-bond donors (Lipinski definition) is 2. The summed E-state index contributed by atoms with van der Waals surface area (Å²) in [4.78, 5) is 22.7. The molecule has 1 aliphatic rings. The predicted octanol–water partition coefficient (Wildman–Crippen LogP) is 4.88. The number of H-pyrrole nitrogens is 1. The maximum absolute atomic E-state index is 13.8. The van der Waals surface area contributed by atoms with E-state index in [1.54, 1.807) is 13.1 Å². The highest BCUT2D eigenvalue weighted by molar-refractivity contribution is 5.74. The van der Waals surface area contributed by atoms with Crippen LogP contribution in [0.3, 0.4) is 0 Å². The van der Waals surface area contributed by atoms with Crippen molar-refractivity contribution in [3.63, 3.8) is 0 Å². The minimum Gasteiger partial charge on any atom is -0.489 e. The number of hydrogen-bond acceptors (Lipinski definition) is 5. The summed E-state index contributed by atoms with van der Waals surface area (Å²) in [7, 11) is 3.63. The topological polar surface area (TPSA) is 79.5 Å². The number of rotatable bonds is 9. The van der Waals surface area contributed by atoms with Gasteiger partial charge < -0.3 is 24.7 Å². The Hall–Kier alpha value is -3.13. The van der Waals surface area contributed by atoms with E-state index in [1.165, 1.54) is 12.1 Å². The second-order valence-corrected chi connectivity index (χ2v) is 9.75. The van der Waals surface area contributed by atoms with Crippen LogP contribution in [-0.4, -0.2) is 60.4 Å². The number of para-hydroxylation sites is 2. The zero-order chi connectivity index (χ0) is 25.0. The van der Waals surface area contributed by atoms with Gasteiger partial charge in [-0.2, -0.15) is 0 Å². The van der Waals surface area contributed by atoms with Crippen molar-refractivity contribution < 1.29 is 18.7 Å². The van der Waals surface area contributed by atoms with Gasteiger partial charge in [-0.3, -0.25) is 0 Å². The van der Waals surface area contributed by atoms with E-state index in [2.05, 4.69) is 41.1 Å². The Morgan fingerprint density at radius 2 is 2.11 bits per heavy atom. The molecule has 0 aliphatic carbocycles. The van der Waals surface area contributed by atoms with E-state index in [-0.39, 0.29) is 24.3 Å². The van der Waals surface area contributed by atoms with Crippen molar-refractivity contribution in [1.82, 2.24) is 20.2 Å². The normalized spacial score (nSPS) is 19.6. The Balaban J connectivity index is 1.43. The molecule has 2 unspecified atom stereocenters. The SMILES string of the molecule is CNC(=O)OC1(CCN(C)CCCc2nc3ccccc3[nH]2)COc2cc(F)ccc2C1C(C)C. The second-order valence-electron chi connectivity index (χ2n) is 9.75. The number of benzene rings is 2. The number of aromatic amines is 1. The molecule has 0 fully saturated rings. The third kappa shape index (κ3) is 5.59. The molecule has 0 spiro atoms. The highest BCUT2D eigenvalue weighted by Crippen LogP contribution is 2.47. The van der Waals surface area contributed by atoms with Gasteiger partial charge >= 0.3 is 6.09 Å². The molecule has 1 aliphatic heterocycles. The third-order valence-electron chi connectivity index (χ3n) is 6.82. The van der Waals surface area contributed by atoms with Crippen LogP contribution in [0.1, 0.15) is 44.0 Å². The van der Waals surface area contributed by atoms with E-state index in [9.17, 15) is 9.18 Å². The van der Waals surface area contributed by atoms with Crippen LogP contribution in [0.2, 0.25) is 0 Å². The van der Waals surface area contributed by atoms with Crippen LogP contribution in [0.25, 0.3) is 11.0 Å². The summed E-state index contributed by atoms with van der Waals surface area (Å²) in [6, 6.07) is 12.7. The first-order valence-corrected chi connectivity index (χ1v) is 12.3. The molecule has 7 nitrogen and oxygen atoms in total. The molecule has 0 saturated carbocycles. The fourth-order valence-electron chi connectivity index (χ4n) is 5.17. The van der Waals surface area contributed by atoms with Gasteiger partial charge in [-0.1, -0.05) is 32.0 Å². The zero-order valence-electron chi connectivity index (χ0n) is 20.9. The van der Waals surface area contributed by atoms with Gasteiger partial charge in [0.05, 0.1) is 11.0 Å². The van der Waals surface area contributed by atoms with E-state index in [0.29, 0.717) is 12.2 Å². The minimum atomic E-state index is -0.855. The Labute approximate surface area is 206 Å². The number of amides is 1. The van der Waals surface area contributed by atoms with Gasteiger partial charge in [0, 0.05) is 44.0 Å². The first kappa shape index (κ1) is 25.0. The summed E-state index contributed by atoms with van der Waals surface area (Å²) < 4.78 is 25.9. The van der Waals surface area contributed by atoms with Crippen molar-refractivity contribution in [1.29, 1.82) is 0 Å². The molecule has 2 atom stereocenters. The van der Waals surface area contributed by atoms with Gasteiger partial charge in [0.1, 0.15) is 24.0 Å². The average Bonchev–Trinajstić information content (AvgIpc) is 3.25. The van der Waals surface area contributed by atoms with E-state index < -0.39 is 11.7 Å². The lowest BCUT2D eigenvalue weighted by Crippen LogP contribution is -2.53. The molecule has 2 aromatic carbocycles. The van der Waals surface area contributed by atoms with Gasteiger partial charge in [0.25, 0.3) is 0 Å². The standard InChI is InChI=1S/C27H35FN4O3/c1-18(2)25-20-12-11-19(28)16-23(20)34-17-27(25,35-26(33)29-3)13-15-32(4)14-7-10-24-30-21-8-5-6-9-22(21)31-24/h5-6,8-9,11-12,16,18,25H,7,10,13-15,17H2,1-4H3,(H,29,33)(H,30,31). The highest BCUT2D eigenvalue weighted by atomic mass is 19.1. The summed E-state index contributed by atoms with van der Waals surface area (Å²) in [6.45, 7) is 5.99. The molecule has 1 amide bonds. The fraction of sp³-hybridized carbons (Fsp3) is 0.481. The lowest BCUT2D eigenvalue weighted by molar-refractivity contribution is -0.0724. The first-order chi connectivity index (χ1) is 16.8. The number of halogens is 1. The van der Waals surface area contributed by atoms with Crippen LogP contribution < -0.4 is 10.1 Å². The molecule has 2 heterocycles. The van der Waals surface area contributed by atoms with Gasteiger partial charge in [-0.15, -0.1) is 0 Å². The molecule has 0 bridgehead atoms. The van der Waals surface area contributed by atoms with Crippen LogP contribution in [0.5, 0.6) is 5.75 Å². The number of fused-ring (bicyclic) bond motifs is 2. The Kier molecular flexibility index (Phi) is 7.60. The van der Waals surface area contributed by atoms with Crippen LogP contribution in [0.4, 0.5) is 9.18 Å². The van der Waals surface area contributed by atoms with Crippen LogP contribution >= 0.6 is 0 Å². The summed E-state index contributed by atoms with van der Waals surface area (Å²) in [5, 5.41) is 2.58. The Bertz CT molecular complexity index is 1130. The quantitative estimate of drug-likeness (QED) is 0.454. The molecule has 8 heteroatoms. The van der Waals surface area contributed by atoms with Crippen molar-refractivity contribution >= 4 is 17.1 Å². The number of alkyl carbamates (subject to hydrolysis) is 1. The lowest BCUT2D eigenvalue weighted by Gasteiger charge is -2.46. The lowest BCUT2D eigenvalue weighted by atomic mass is 9.72. The van der Waals surface area contributed by atoms with Crippen molar-refractivity contribution in [3.05, 3.63) is 59.7 Å². The number of carbonyl (C=O) groups is 1. The zero-order valence-corrected chi connectivity index (χ0v) is 20.9. The van der Waals surface area contributed by atoms with Crippen LogP contribution in [0, 0.1) is 11.7 Å². The maximum Gasteiger partial charge on any atom is 0.407 e. The fourth-order valence-corrected chi connectivity index (χ4v) is 5.17. The summed E-state index contributed by atoms with van der Waals surface area (Å²) in [5.41, 5.74) is 2.07. The molecule has 1 aromatic heterocycles. The molecule has 2 N–H and O–H groups in total. The number of aryl methyl sites for hydroxylation is 1. The van der Waals surface area contributed by atoms with E-state index in [0.717, 1.165) is 48.4 Å². The average molecular weight is 483 g/mol. The number of nitrogens with zero attached hydrogens (tertiary/aromatic N) is 2. The molecule has 0 saturated heterocycles. The first-order valence-electron chi connectivity index (χ1n) is 12.3. The number of imidazole rings is 1. The van der Waals surface area contributed by atoms with E-state index in [4.69, 9.17) is 9.47 Å². The maximum atomic E-state index is 13.8. The number of aromatic nitrogens is 2.